The van der Waals surface area contributed by atoms with Gasteiger partial charge in [-0.05, 0) is 61.9 Å². The van der Waals surface area contributed by atoms with Gasteiger partial charge in [0.05, 0.1) is 23.5 Å². The van der Waals surface area contributed by atoms with Gasteiger partial charge in [0.1, 0.15) is 10.8 Å². The molecular formula is C21H25N3O5S2. The van der Waals surface area contributed by atoms with Crippen LogP contribution in [0, 0.1) is 5.92 Å². The van der Waals surface area contributed by atoms with Gasteiger partial charge in [0.2, 0.25) is 15.9 Å². The van der Waals surface area contributed by atoms with Gasteiger partial charge in [0.25, 0.3) is 5.91 Å². The average Bonchev–Trinajstić information content (AvgIpc) is 3.34. The van der Waals surface area contributed by atoms with Gasteiger partial charge in [0, 0.05) is 18.0 Å². The van der Waals surface area contributed by atoms with E-state index in [-0.39, 0.29) is 17.3 Å². The summed E-state index contributed by atoms with van der Waals surface area (Å²) in [5, 5.41) is 3.34. The second kappa shape index (κ2) is 8.60. The number of aryl methyl sites for hydroxylation is 1. The number of amides is 2. The molecule has 1 fully saturated rings. The number of methoxy groups -OCH3 is 1. The van der Waals surface area contributed by atoms with Gasteiger partial charge < -0.3 is 15.8 Å². The summed E-state index contributed by atoms with van der Waals surface area (Å²) in [7, 11) is -2.20. The Hall–Kier alpha value is -2.43. The molecule has 2 heterocycles. The number of benzene rings is 1. The van der Waals surface area contributed by atoms with E-state index in [1.807, 2.05) is 0 Å². The van der Waals surface area contributed by atoms with Crippen molar-refractivity contribution in [1.29, 1.82) is 0 Å². The standard InChI is InChI=1S/C21H25N3O5S2/c1-29-14-7-9-15(10-8-14)31(27,28)24-11-3-4-13(12-24)20(26)23-21-18(19(22)25)16-5-2-6-17(16)30-21/h7-10,13H,2-6,11-12H2,1H3,(H2,22,25)(H,23,26). The quantitative estimate of drug-likeness (QED) is 0.682. The first kappa shape index (κ1) is 21.8. The van der Waals surface area contributed by atoms with E-state index in [1.165, 1.54) is 34.9 Å². The first-order valence-electron chi connectivity index (χ1n) is 10.2. The number of primary amides is 1. The summed E-state index contributed by atoms with van der Waals surface area (Å²) in [4.78, 5) is 26.2. The van der Waals surface area contributed by atoms with Gasteiger partial charge in [-0.1, -0.05) is 0 Å². The van der Waals surface area contributed by atoms with Gasteiger partial charge in [-0.2, -0.15) is 4.31 Å². The summed E-state index contributed by atoms with van der Waals surface area (Å²) >= 11 is 1.40. The lowest BCUT2D eigenvalue weighted by molar-refractivity contribution is -0.120. The molecule has 2 aliphatic rings. The molecule has 1 aliphatic heterocycles. The molecule has 1 aromatic carbocycles. The number of nitrogens with two attached hydrogens (primary N) is 1. The lowest BCUT2D eigenvalue weighted by Gasteiger charge is -2.31. The van der Waals surface area contributed by atoms with Gasteiger partial charge in [-0.15, -0.1) is 11.3 Å². The number of rotatable bonds is 6. The predicted molar refractivity (Wildman–Crippen MR) is 118 cm³/mol. The number of fused-ring (bicyclic) bond motifs is 1. The molecule has 1 atom stereocenters. The van der Waals surface area contributed by atoms with Crippen LogP contribution in [-0.4, -0.2) is 44.7 Å². The van der Waals surface area contributed by atoms with E-state index in [0.717, 1.165) is 29.7 Å². The van der Waals surface area contributed by atoms with E-state index in [1.54, 1.807) is 12.1 Å². The summed E-state index contributed by atoms with van der Waals surface area (Å²) in [6.45, 7) is 0.454. The molecule has 0 saturated carbocycles. The second-order valence-electron chi connectivity index (χ2n) is 7.79. The van der Waals surface area contributed by atoms with E-state index in [2.05, 4.69) is 5.32 Å². The van der Waals surface area contributed by atoms with E-state index in [4.69, 9.17) is 10.5 Å². The highest BCUT2D eigenvalue weighted by Crippen LogP contribution is 2.39. The van der Waals surface area contributed by atoms with Crippen molar-refractivity contribution in [3.63, 3.8) is 0 Å². The largest absolute Gasteiger partial charge is 0.497 e. The Morgan fingerprint density at radius 3 is 2.61 bits per heavy atom. The summed E-state index contributed by atoms with van der Waals surface area (Å²) < 4.78 is 32.5. The normalized spacial score (nSPS) is 19.1. The van der Waals surface area contributed by atoms with Gasteiger partial charge in [-0.25, -0.2) is 8.42 Å². The van der Waals surface area contributed by atoms with Crippen LogP contribution >= 0.6 is 11.3 Å². The smallest absolute Gasteiger partial charge is 0.251 e. The number of nitrogens with one attached hydrogen (secondary N) is 1. The number of sulfonamides is 1. The molecule has 1 aromatic heterocycles. The van der Waals surface area contributed by atoms with E-state index >= 15 is 0 Å². The molecule has 1 unspecified atom stereocenters. The maximum absolute atomic E-state index is 13.0. The van der Waals surface area contributed by atoms with Gasteiger partial charge in [0.15, 0.2) is 0 Å². The van der Waals surface area contributed by atoms with Crippen LogP contribution in [0.1, 0.15) is 40.1 Å². The molecule has 0 spiro atoms. The van der Waals surface area contributed by atoms with E-state index < -0.39 is 21.8 Å². The Morgan fingerprint density at radius 2 is 1.94 bits per heavy atom. The third kappa shape index (κ3) is 4.19. The van der Waals surface area contributed by atoms with Crippen LogP contribution in [0.5, 0.6) is 5.75 Å². The average molecular weight is 464 g/mol. The molecule has 0 bridgehead atoms. The number of hydrogen-bond acceptors (Lipinski definition) is 6. The van der Waals surface area contributed by atoms with Crippen LogP contribution in [-0.2, 0) is 27.7 Å². The van der Waals surface area contributed by atoms with Crippen LogP contribution in [0.15, 0.2) is 29.2 Å². The lowest BCUT2D eigenvalue weighted by Crippen LogP contribution is -2.43. The van der Waals surface area contributed by atoms with Crippen LogP contribution < -0.4 is 15.8 Å². The van der Waals surface area contributed by atoms with E-state index in [0.29, 0.717) is 35.7 Å². The zero-order valence-electron chi connectivity index (χ0n) is 17.2. The predicted octanol–water partition coefficient (Wildman–Crippen LogP) is 2.38. The summed E-state index contributed by atoms with van der Waals surface area (Å²) in [6, 6.07) is 6.21. The highest BCUT2D eigenvalue weighted by Gasteiger charge is 2.34. The first-order chi connectivity index (χ1) is 14.8. The summed E-state index contributed by atoms with van der Waals surface area (Å²) in [5.74, 6) is -0.749. The number of carbonyl (C=O) groups excluding carboxylic acids is 2. The summed E-state index contributed by atoms with van der Waals surface area (Å²) in [6.07, 6.45) is 3.82. The molecule has 4 rings (SSSR count). The Kier molecular flexibility index (Phi) is 6.05. The molecule has 1 saturated heterocycles. The minimum atomic E-state index is -3.72. The van der Waals surface area contributed by atoms with Crippen molar-refractivity contribution < 1.29 is 22.7 Å². The first-order valence-corrected chi connectivity index (χ1v) is 12.5. The maximum Gasteiger partial charge on any atom is 0.251 e. The topological polar surface area (TPSA) is 119 Å². The second-order valence-corrected chi connectivity index (χ2v) is 10.8. The van der Waals surface area contributed by atoms with Crippen molar-refractivity contribution in [3.8, 4) is 5.75 Å². The van der Waals surface area contributed by atoms with Crippen LogP contribution in [0.25, 0.3) is 0 Å². The highest BCUT2D eigenvalue weighted by molar-refractivity contribution is 7.89. The van der Waals surface area contributed by atoms with Crippen molar-refractivity contribution in [1.82, 2.24) is 4.31 Å². The fourth-order valence-corrected chi connectivity index (χ4v) is 7.06. The fourth-order valence-electron chi connectivity index (χ4n) is 4.24. The molecule has 0 radical (unpaired) electrons. The van der Waals surface area contributed by atoms with Crippen molar-refractivity contribution in [2.24, 2.45) is 11.7 Å². The van der Waals surface area contributed by atoms with Gasteiger partial charge >= 0.3 is 0 Å². The van der Waals surface area contributed by atoms with Crippen molar-refractivity contribution in [3.05, 3.63) is 40.3 Å². The maximum atomic E-state index is 13.0. The zero-order valence-corrected chi connectivity index (χ0v) is 18.9. The molecule has 2 amide bonds. The Balaban J connectivity index is 1.50. The summed E-state index contributed by atoms with van der Waals surface area (Å²) in [5.41, 5.74) is 6.92. The zero-order chi connectivity index (χ0) is 22.2. The Morgan fingerprint density at radius 1 is 1.19 bits per heavy atom. The molecule has 10 heteroatoms. The monoisotopic (exact) mass is 463 g/mol. The fraction of sp³-hybridized carbons (Fsp3) is 0.429. The SMILES string of the molecule is COc1ccc(S(=O)(=O)N2CCCC(C(=O)Nc3sc4c(c3C(N)=O)CCC4)C2)cc1. The minimum Gasteiger partial charge on any atom is -0.497 e. The highest BCUT2D eigenvalue weighted by atomic mass is 32.2. The van der Waals surface area contributed by atoms with Gasteiger partial charge in [-0.3, -0.25) is 9.59 Å². The number of piperidine rings is 1. The Labute approximate surface area is 185 Å². The van der Waals surface area contributed by atoms with Crippen LogP contribution in [0.4, 0.5) is 5.00 Å². The number of ether oxygens (including phenoxy) is 1. The Bertz CT molecular complexity index is 1110. The van der Waals surface area contributed by atoms with Crippen LogP contribution in [0.3, 0.4) is 0 Å². The molecule has 1 aliphatic carbocycles. The molecule has 2 aromatic rings. The van der Waals surface area contributed by atoms with Crippen molar-refractivity contribution >= 4 is 38.2 Å². The third-order valence-corrected chi connectivity index (χ3v) is 8.94. The number of thiophene rings is 1. The number of nitrogens with zero attached hydrogens (tertiary/aromatic N) is 1. The molecular weight excluding hydrogens is 438 g/mol. The lowest BCUT2D eigenvalue weighted by atomic mass is 9.99. The molecule has 3 N–H and O–H groups in total. The van der Waals surface area contributed by atoms with Crippen molar-refractivity contribution in [2.75, 3.05) is 25.5 Å². The molecule has 31 heavy (non-hydrogen) atoms. The van der Waals surface area contributed by atoms with E-state index in [9.17, 15) is 18.0 Å². The third-order valence-electron chi connectivity index (χ3n) is 5.86. The van der Waals surface area contributed by atoms with Crippen molar-refractivity contribution in [2.45, 2.75) is 37.0 Å². The number of carbonyl (C=O) groups is 2. The van der Waals surface area contributed by atoms with Crippen LogP contribution in [0.2, 0.25) is 0 Å². The molecule has 8 nitrogen and oxygen atoms in total. The minimum absolute atomic E-state index is 0.0944. The number of anilines is 1. The molecule has 166 valence electrons. The number of hydrogen-bond donors (Lipinski definition) is 2.